The van der Waals surface area contributed by atoms with Gasteiger partial charge in [0.15, 0.2) is 0 Å². The molecule has 5 nitrogen and oxygen atoms in total. The molecule has 1 aromatic carbocycles. The summed E-state index contributed by atoms with van der Waals surface area (Å²) in [5.74, 6) is 0. The zero-order valence-electron chi connectivity index (χ0n) is 9.79. The van der Waals surface area contributed by atoms with E-state index >= 15 is 0 Å². The van der Waals surface area contributed by atoms with Gasteiger partial charge in [0.05, 0.1) is 11.0 Å². The molecule has 0 fully saturated rings. The van der Waals surface area contributed by atoms with Gasteiger partial charge in [-0.05, 0) is 17.7 Å². The molecule has 2 N–H and O–H groups in total. The van der Waals surface area contributed by atoms with Gasteiger partial charge in [-0.1, -0.05) is 13.8 Å². The Bertz CT molecular complexity index is 354. The molecule has 96 valence electrons. The first kappa shape index (κ1) is 15.8. The van der Waals surface area contributed by atoms with Crippen molar-refractivity contribution in [2.75, 3.05) is 6.54 Å². The van der Waals surface area contributed by atoms with Gasteiger partial charge in [0.1, 0.15) is 0 Å². The van der Waals surface area contributed by atoms with Gasteiger partial charge in [-0.25, -0.2) is 0 Å². The van der Waals surface area contributed by atoms with Crippen LogP contribution in [0, 0.1) is 10.1 Å². The quantitative estimate of drug-likeness (QED) is 0.628. The molecule has 0 unspecified atom stereocenters. The fraction of sp³-hybridized carbons (Fsp3) is 0.455. The molecule has 0 aliphatic carbocycles. The number of nitrogens with zero attached hydrogens (tertiary/aromatic N) is 1. The lowest BCUT2D eigenvalue weighted by Crippen LogP contribution is -2.27. The smallest absolute Gasteiger partial charge is 0.269 e. The predicted octanol–water partition coefficient (Wildman–Crippen LogP) is 2.05. The van der Waals surface area contributed by atoms with Crippen molar-refractivity contribution in [2.24, 2.45) is 0 Å². The molecule has 1 rings (SSSR count). The monoisotopic (exact) mass is 260 g/mol. The summed E-state index contributed by atoms with van der Waals surface area (Å²) in [6, 6.07) is 6.24. The Hall–Kier alpha value is -1.17. The Morgan fingerprint density at radius 1 is 1.35 bits per heavy atom. The third-order valence-corrected chi connectivity index (χ3v) is 2.21. The number of rotatable bonds is 5. The zero-order valence-corrected chi connectivity index (χ0v) is 10.6. The lowest BCUT2D eigenvalue weighted by atomic mass is 10.1. The molecule has 0 saturated carbocycles. The summed E-state index contributed by atoms with van der Waals surface area (Å²) in [5, 5.41) is 23.3. The number of halogens is 1. The number of nitro benzene ring substituents is 1. The lowest BCUT2D eigenvalue weighted by molar-refractivity contribution is -0.384. The maximum Gasteiger partial charge on any atom is 0.269 e. The van der Waals surface area contributed by atoms with Crippen molar-refractivity contribution in [1.29, 1.82) is 0 Å². The van der Waals surface area contributed by atoms with Crippen LogP contribution in [0.15, 0.2) is 24.3 Å². The molecule has 1 aromatic rings. The van der Waals surface area contributed by atoms with Gasteiger partial charge in [0.25, 0.3) is 5.69 Å². The molecule has 0 aromatic heterocycles. The lowest BCUT2D eigenvalue weighted by Gasteiger charge is -2.14. The van der Waals surface area contributed by atoms with Crippen LogP contribution in [0.2, 0.25) is 0 Å². The summed E-state index contributed by atoms with van der Waals surface area (Å²) in [4.78, 5) is 9.97. The topological polar surface area (TPSA) is 75.4 Å². The van der Waals surface area contributed by atoms with Gasteiger partial charge >= 0.3 is 0 Å². The van der Waals surface area contributed by atoms with E-state index in [1.165, 1.54) is 12.1 Å². The number of nitro groups is 1. The van der Waals surface area contributed by atoms with E-state index < -0.39 is 11.0 Å². The van der Waals surface area contributed by atoms with Crippen molar-refractivity contribution in [2.45, 2.75) is 26.0 Å². The third kappa shape index (κ3) is 5.12. The van der Waals surface area contributed by atoms with E-state index in [2.05, 4.69) is 5.32 Å². The maximum absolute atomic E-state index is 10.4. The molecule has 0 spiro atoms. The molecule has 0 aliphatic heterocycles. The van der Waals surface area contributed by atoms with Crippen molar-refractivity contribution >= 4 is 18.1 Å². The second-order valence-corrected chi connectivity index (χ2v) is 3.93. The summed E-state index contributed by atoms with van der Waals surface area (Å²) >= 11 is 0. The summed E-state index contributed by atoms with van der Waals surface area (Å²) < 4.78 is 0. The fourth-order valence-electron chi connectivity index (χ4n) is 1.28. The highest BCUT2D eigenvalue weighted by Crippen LogP contribution is 2.17. The average molecular weight is 261 g/mol. The molecule has 0 bridgehead atoms. The fourth-order valence-corrected chi connectivity index (χ4v) is 1.28. The average Bonchev–Trinajstić information content (AvgIpc) is 2.26. The molecular formula is C11H17ClN2O3. The normalized spacial score (nSPS) is 12.0. The molecule has 0 heterocycles. The first-order valence-corrected chi connectivity index (χ1v) is 5.16. The molecule has 0 amide bonds. The Morgan fingerprint density at radius 2 is 1.88 bits per heavy atom. The van der Waals surface area contributed by atoms with E-state index in [1.54, 1.807) is 12.1 Å². The molecular weight excluding hydrogens is 244 g/mol. The van der Waals surface area contributed by atoms with Crippen LogP contribution in [0.25, 0.3) is 0 Å². The molecule has 0 aliphatic rings. The maximum atomic E-state index is 10.4. The summed E-state index contributed by atoms with van der Waals surface area (Å²) in [6.45, 7) is 4.42. The Labute approximate surface area is 106 Å². The molecule has 17 heavy (non-hydrogen) atoms. The summed E-state index contributed by atoms with van der Waals surface area (Å²) in [5.41, 5.74) is 0.714. The summed E-state index contributed by atoms with van der Waals surface area (Å²) in [6.07, 6.45) is -0.636. The minimum atomic E-state index is -0.636. The highest BCUT2D eigenvalue weighted by atomic mass is 35.5. The van der Waals surface area contributed by atoms with Gasteiger partial charge in [0, 0.05) is 24.7 Å². The largest absolute Gasteiger partial charge is 0.387 e. The standard InChI is InChI=1S/C11H16N2O3.ClH/c1-8(2)12-7-11(14)9-3-5-10(6-4-9)13(15)16;/h3-6,8,11-12,14H,7H2,1-2H3;1H/t11-;/m1./s1. The number of aliphatic hydroxyl groups excluding tert-OH is 1. The first-order valence-electron chi connectivity index (χ1n) is 5.16. The number of hydrogen-bond donors (Lipinski definition) is 2. The van der Waals surface area contributed by atoms with Gasteiger partial charge in [-0.3, -0.25) is 10.1 Å². The SMILES string of the molecule is CC(C)NC[C@@H](O)c1ccc([N+](=O)[O-])cc1.Cl. The van der Waals surface area contributed by atoms with E-state index in [0.717, 1.165) is 0 Å². The molecule has 1 atom stereocenters. The highest BCUT2D eigenvalue weighted by Gasteiger charge is 2.10. The second-order valence-electron chi connectivity index (χ2n) is 3.93. The first-order chi connectivity index (χ1) is 7.50. The number of benzene rings is 1. The van der Waals surface area contributed by atoms with Crippen molar-refractivity contribution in [3.05, 3.63) is 39.9 Å². The Balaban J connectivity index is 0.00000256. The zero-order chi connectivity index (χ0) is 12.1. The van der Waals surface area contributed by atoms with Gasteiger partial charge in [0.2, 0.25) is 0 Å². The van der Waals surface area contributed by atoms with Crippen LogP contribution in [-0.4, -0.2) is 22.6 Å². The van der Waals surface area contributed by atoms with E-state index in [1.807, 2.05) is 13.8 Å². The molecule has 0 radical (unpaired) electrons. The van der Waals surface area contributed by atoms with Gasteiger partial charge in [-0.15, -0.1) is 12.4 Å². The van der Waals surface area contributed by atoms with E-state index in [0.29, 0.717) is 18.2 Å². The van der Waals surface area contributed by atoms with E-state index in [-0.39, 0.29) is 18.1 Å². The van der Waals surface area contributed by atoms with Crippen LogP contribution < -0.4 is 5.32 Å². The Morgan fingerprint density at radius 3 is 2.29 bits per heavy atom. The van der Waals surface area contributed by atoms with Crippen molar-refractivity contribution < 1.29 is 10.0 Å². The predicted molar refractivity (Wildman–Crippen MR) is 68.4 cm³/mol. The minimum absolute atomic E-state index is 0. The molecule has 6 heteroatoms. The number of aliphatic hydroxyl groups is 1. The summed E-state index contributed by atoms with van der Waals surface area (Å²) in [7, 11) is 0. The number of non-ortho nitro benzene ring substituents is 1. The van der Waals surface area contributed by atoms with E-state index in [9.17, 15) is 15.2 Å². The van der Waals surface area contributed by atoms with Crippen molar-refractivity contribution in [1.82, 2.24) is 5.32 Å². The van der Waals surface area contributed by atoms with Crippen LogP contribution in [0.3, 0.4) is 0 Å². The van der Waals surface area contributed by atoms with Crippen molar-refractivity contribution in [3.63, 3.8) is 0 Å². The second kappa shape index (κ2) is 7.21. The molecule has 0 saturated heterocycles. The number of hydrogen-bond acceptors (Lipinski definition) is 4. The van der Waals surface area contributed by atoms with Crippen LogP contribution in [0.5, 0.6) is 0 Å². The van der Waals surface area contributed by atoms with Gasteiger partial charge < -0.3 is 10.4 Å². The van der Waals surface area contributed by atoms with Gasteiger partial charge in [-0.2, -0.15) is 0 Å². The highest BCUT2D eigenvalue weighted by molar-refractivity contribution is 5.85. The van der Waals surface area contributed by atoms with Crippen LogP contribution in [-0.2, 0) is 0 Å². The van der Waals surface area contributed by atoms with E-state index in [4.69, 9.17) is 0 Å². The van der Waals surface area contributed by atoms with Crippen LogP contribution in [0.4, 0.5) is 5.69 Å². The van der Waals surface area contributed by atoms with Crippen molar-refractivity contribution in [3.8, 4) is 0 Å². The third-order valence-electron chi connectivity index (χ3n) is 2.21. The minimum Gasteiger partial charge on any atom is -0.387 e. The number of nitrogens with one attached hydrogen (secondary N) is 1. The van der Waals surface area contributed by atoms with Crippen LogP contribution >= 0.6 is 12.4 Å². The Kier molecular flexibility index (Phi) is 6.72. The van der Waals surface area contributed by atoms with Crippen LogP contribution in [0.1, 0.15) is 25.5 Å².